The molecule has 1 aliphatic rings. The lowest BCUT2D eigenvalue weighted by Gasteiger charge is -2.28. The van der Waals surface area contributed by atoms with Crippen LogP contribution in [0.25, 0.3) is 10.9 Å². The molecule has 0 saturated heterocycles. The molecule has 9 nitrogen and oxygen atoms in total. The Hall–Kier alpha value is -2.69. The quantitative estimate of drug-likeness (QED) is 0.362. The SMILES string of the molecule is NC(=O)c1ncccc1OCCOCCOc1cc2c(cnn2C2CCC(CO)CC2)cc1Br. The molecular formula is C24H29BrN4O5. The van der Waals surface area contributed by atoms with Crippen LogP contribution in [0.5, 0.6) is 11.5 Å². The molecule has 0 unspecified atom stereocenters. The molecule has 1 amide bonds. The van der Waals surface area contributed by atoms with Gasteiger partial charge in [-0.3, -0.25) is 9.48 Å². The number of fused-ring (bicyclic) bond motifs is 1. The monoisotopic (exact) mass is 532 g/mol. The van der Waals surface area contributed by atoms with E-state index in [2.05, 4.69) is 30.7 Å². The second kappa shape index (κ2) is 11.6. The molecule has 1 aromatic carbocycles. The van der Waals surface area contributed by atoms with E-state index >= 15 is 0 Å². The fourth-order valence-corrected chi connectivity index (χ4v) is 4.71. The number of hydrogen-bond donors (Lipinski definition) is 2. The van der Waals surface area contributed by atoms with Crippen molar-refractivity contribution >= 4 is 32.7 Å². The zero-order valence-electron chi connectivity index (χ0n) is 18.9. The second-order valence-corrected chi connectivity index (χ2v) is 9.17. The summed E-state index contributed by atoms with van der Waals surface area (Å²) in [6, 6.07) is 7.70. The van der Waals surface area contributed by atoms with Crippen molar-refractivity contribution < 1.29 is 24.1 Å². The van der Waals surface area contributed by atoms with Gasteiger partial charge in [-0.05, 0) is 65.7 Å². The normalized spacial score (nSPS) is 18.2. The first-order chi connectivity index (χ1) is 16.6. The number of primary amides is 1. The highest BCUT2D eigenvalue weighted by molar-refractivity contribution is 9.10. The lowest BCUT2D eigenvalue weighted by Crippen LogP contribution is -2.20. The van der Waals surface area contributed by atoms with Crippen molar-refractivity contribution in [1.82, 2.24) is 14.8 Å². The zero-order valence-corrected chi connectivity index (χ0v) is 20.4. The number of hydrogen-bond acceptors (Lipinski definition) is 7. The predicted octanol–water partition coefficient (Wildman–Crippen LogP) is 3.49. The van der Waals surface area contributed by atoms with E-state index in [1.54, 1.807) is 12.1 Å². The van der Waals surface area contributed by atoms with Crippen molar-refractivity contribution in [1.29, 1.82) is 0 Å². The number of benzene rings is 1. The number of aliphatic hydroxyl groups excluding tert-OH is 1. The summed E-state index contributed by atoms with van der Waals surface area (Å²) in [5.74, 6) is 0.853. The Bertz CT molecular complexity index is 1110. The molecule has 4 rings (SSSR count). The van der Waals surface area contributed by atoms with E-state index in [-0.39, 0.29) is 18.9 Å². The van der Waals surface area contributed by atoms with Crippen LogP contribution in [0, 0.1) is 5.92 Å². The van der Waals surface area contributed by atoms with E-state index in [9.17, 15) is 9.90 Å². The Morgan fingerprint density at radius 3 is 2.56 bits per heavy atom. The fourth-order valence-electron chi connectivity index (χ4n) is 4.24. The maximum Gasteiger partial charge on any atom is 0.271 e. The highest BCUT2D eigenvalue weighted by Crippen LogP contribution is 2.36. The van der Waals surface area contributed by atoms with Gasteiger partial charge in [0.05, 0.1) is 35.4 Å². The van der Waals surface area contributed by atoms with Crippen molar-refractivity contribution in [3.63, 3.8) is 0 Å². The van der Waals surface area contributed by atoms with Gasteiger partial charge in [0, 0.05) is 24.3 Å². The van der Waals surface area contributed by atoms with Crippen LogP contribution in [-0.4, -0.2) is 58.8 Å². The molecule has 2 heterocycles. The fraction of sp³-hybridized carbons (Fsp3) is 0.458. The number of carbonyl (C=O) groups excluding carboxylic acids is 1. The number of halogens is 1. The van der Waals surface area contributed by atoms with Gasteiger partial charge in [-0.25, -0.2) is 4.98 Å². The molecule has 0 radical (unpaired) electrons. The third-order valence-corrected chi connectivity index (χ3v) is 6.66. The average molecular weight is 533 g/mol. The Labute approximate surface area is 206 Å². The highest BCUT2D eigenvalue weighted by Gasteiger charge is 2.24. The lowest BCUT2D eigenvalue weighted by molar-refractivity contribution is 0.0755. The molecule has 3 N–H and O–H groups in total. The Morgan fingerprint density at radius 1 is 1.12 bits per heavy atom. The first kappa shape index (κ1) is 24.4. The predicted molar refractivity (Wildman–Crippen MR) is 130 cm³/mol. The van der Waals surface area contributed by atoms with Crippen molar-refractivity contribution in [3.05, 3.63) is 46.8 Å². The number of carbonyl (C=O) groups is 1. The summed E-state index contributed by atoms with van der Waals surface area (Å²) < 4.78 is 20.0. The number of rotatable bonds is 11. The number of pyridine rings is 1. The number of ether oxygens (including phenoxy) is 3. The molecule has 1 aliphatic carbocycles. The van der Waals surface area contributed by atoms with Gasteiger partial charge in [-0.15, -0.1) is 0 Å². The number of nitrogens with zero attached hydrogens (tertiary/aromatic N) is 3. The Morgan fingerprint density at radius 2 is 1.85 bits per heavy atom. The molecule has 0 aliphatic heterocycles. The van der Waals surface area contributed by atoms with Crippen molar-refractivity contribution in [3.8, 4) is 11.5 Å². The smallest absolute Gasteiger partial charge is 0.271 e. The molecule has 10 heteroatoms. The van der Waals surface area contributed by atoms with Crippen LogP contribution >= 0.6 is 15.9 Å². The van der Waals surface area contributed by atoms with Crippen molar-refractivity contribution in [2.45, 2.75) is 31.7 Å². The van der Waals surface area contributed by atoms with Crippen LogP contribution in [0.1, 0.15) is 42.2 Å². The topological polar surface area (TPSA) is 122 Å². The lowest BCUT2D eigenvalue weighted by atomic mass is 9.86. The first-order valence-corrected chi connectivity index (χ1v) is 12.2. The van der Waals surface area contributed by atoms with E-state index in [1.165, 1.54) is 6.20 Å². The summed E-state index contributed by atoms with van der Waals surface area (Å²) in [6.07, 6.45) is 7.46. The third kappa shape index (κ3) is 5.86. The van der Waals surface area contributed by atoms with Crippen LogP contribution in [0.4, 0.5) is 0 Å². The molecule has 0 spiro atoms. The van der Waals surface area contributed by atoms with Gasteiger partial charge >= 0.3 is 0 Å². The molecule has 182 valence electrons. The average Bonchev–Trinajstić information content (AvgIpc) is 3.26. The van der Waals surface area contributed by atoms with Gasteiger partial charge in [0.2, 0.25) is 0 Å². The summed E-state index contributed by atoms with van der Waals surface area (Å²) >= 11 is 3.58. The minimum atomic E-state index is -0.633. The van der Waals surface area contributed by atoms with Crippen LogP contribution < -0.4 is 15.2 Å². The largest absolute Gasteiger partial charge is 0.490 e. The maximum atomic E-state index is 11.4. The Kier molecular flexibility index (Phi) is 8.36. The van der Waals surface area contributed by atoms with Gasteiger partial charge in [0.1, 0.15) is 19.0 Å². The second-order valence-electron chi connectivity index (χ2n) is 8.31. The van der Waals surface area contributed by atoms with E-state index < -0.39 is 5.91 Å². The molecule has 0 atom stereocenters. The van der Waals surface area contributed by atoms with Gasteiger partial charge in [-0.2, -0.15) is 5.10 Å². The Balaban J connectivity index is 1.26. The van der Waals surface area contributed by atoms with Crippen LogP contribution in [0.2, 0.25) is 0 Å². The van der Waals surface area contributed by atoms with Gasteiger partial charge in [-0.1, -0.05) is 0 Å². The molecule has 0 bridgehead atoms. The molecular weight excluding hydrogens is 504 g/mol. The van der Waals surface area contributed by atoms with Crippen molar-refractivity contribution in [2.24, 2.45) is 11.7 Å². The standard InChI is InChI=1S/C24H29BrN4O5/c25-19-12-17-14-28-29(18-5-3-16(15-30)4-6-18)20(17)13-22(19)34-11-9-32-8-10-33-21-2-1-7-27-23(21)24(26)31/h1-2,7,12-14,16,18,30H,3-6,8-11,15H2,(H2,26,31). The molecule has 34 heavy (non-hydrogen) atoms. The minimum Gasteiger partial charge on any atom is -0.490 e. The number of nitrogens with two attached hydrogens (primary N) is 1. The number of aromatic nitrogens is 3. The zero-order chi connectivity index (χ0) is 23.9. The van der Waals surface area contributed by atoms with E-state index in [4.69, 9.17) is 19.9 Å². The van der Waals surface area contributed by atoms with Crippen molar-refractivity contribution in [2.75, 3.05) is 33.0 Å². The summed E-state index contributed by atoms with van der Waals surface area (Å²) in [7, 11) is 0. The van der Waals surface area contributed by atoms with Crippen LogP contribution in [0.15, 0.2) is 41.1 Å². The molecule has 1 fully saturated rings. The van der Waals surface area contributed by atoms with Gasteiger partial charge in [0.25, 0.3) is 5.91 Å². The van der Waals surface area contributed by atoms with Gasteiger partial charge < -0.3 is 25.1 Å². The maximum absolute atomic E-state index is 11.4. The number of amides is 1. The van der Waals surface area contributed by atoms with E-state index in [0.29, 0.717) is 37.5 Å². The van der Waals surface area contributed by atoms with E-state index in [0.717, 1.165) is 46.8 Å². The summed E-state index contributed by atoms with van der Waals surface area (Å²) in [4.78, 5) is 15.3. The highest BCUT2D eigenvalue weighted by atomic mass is 79.9. The summed E-state index contributed by atoms with van der Waals surface area (Å²) in [5.41, 5.74) is 6.44. The van der Waals surface area contributed by atoms with Crippen LogP contribution in [-0.2, 0) is 4.74 Å². The summed E-state index contributed by atoms with van der Waals surface area (Å²) in [5, 5.41) is 15.1. The third-order valence-electron chi connectivity index (χ3n) is 6.04. The molecule has 2 aromatic heterocycles. The van der Waals surface area contributed by atoms with Gasteiger partial charge in [0.15, 0.2) is 11.4 Å². The minimum absolute atomic E-state index is 0.103. The summed E-state index contributed by atoms with van der Waals surface area (Å²) in [6.45, 7) is 1.62. The molecule has 1 saturated carbocycles. The van der Waals surface area contributed by atoms with Crippen LogP contribution in [0.3, 0.4) is 0 Å². The number of aliphatic hydroxyl groups is 1. The first-order valence-electron chi connectivity index (χ1n) is 11.4. The van der Waals surface area contributed by atoms with E-state index in [1.807, 2.05) is 18.3 Å². The molecule has 3 aromatic rings.